The molecule has 14 heavy (non-hydrogen) atoms. The minimum absolute atomic E-state index is 0.837. The first-order valence-corrected chi connectivity index (χ1v) is 4.85. The molecule has 0 saturated heterocycles. The molecule has 2 heterocycles. The van der Waals surface area contributed by atoms with Crippen molar-refractivity contribution >= 4 is 0 Å². The average molecular weight is 187 g/mol. The molecule has 2 aromatic heterocycles. The molecular weight excluding hydrogens is 174 g/mol. The first-order chi connectivity index (χ1) is 6.90. The van der Waals surface area contributed by atoms with Crippen LogP contribution in [0.3, 0.4) is 0 Å². The number of aryl methyl sites for hydroxylation is 1. The standard InChI is InChI=1S/C12H13NO/c1-2-12-10(5-3-7-13-12)9-11-6-4-8-14-11/h3-8H,2,9H2,1H3. The highest BCUT2D eigenvalue weighted by Crippen LogP contribution is 2.12. The molecule has 0 radical (unpaired) electrons. The van der Waals surface area contributed by atoms with E-state index in [1.807, 2.05) is 24.4 Å². The number of aromatic nitrogens is 1. The molecule has 0 spiro atoms. The van der Waals surface area contributed by atoms with Crippen molar-refractivity contribution in [3.63, 3.8) is 0 Å². The summed E-state index contributed by atoms with van der Waals surface area (Å²) in [4.78, 5) is 4.34. The Morgan fingerprint density at radius 2 is 2.21 bits per heavy atom. The summed E-state index contributed by atoms with van der Waals surface area (Å²) in [5, 5.41) is 0. The summed E-state index contributed by atoms with van der Waals surface area (Å²) >= 11 is 0. The normalized spacial score (nSPS) is 10.4. The molecule has 0 atom stereocenters. The summed E-state index contributed by atoms with van der Waals surface area (Å²) in [6.45, 7) is 2.12. The van der Waals surface area contributed by atoms with Crippen molar-refractivity contribution in [1.29, 1.82) is 0 Å². The number of pyridine rings is 1. The van der Waals surface area contributed by atoms with Gasteiger partial charge >= 0.3 is 0 Å². The highest BCUT2D eigenvalue weighted by atomic mass is 16.3. The van der Waals surface area contributed by atoms with Crippen LogP contribution in [0.4, 0.5) is 0 Å². The van der Waals surface area contributed by atoms with Crippen LogP contribution in [0.1, 0.15) is 23.9 Å². The van der Waals surface area contributed by atoms with Gasteiger partial charge < -0.3 is 4.42 Å². The Kier molecular flexibility index (Phi) is 2.63. The SMILES string of the molecule is CCc1ncccc1Cc1ccco1. The lowest BCUT2D eigenvalue weighted by molar-refractivity contribution is 0.520. The summed E-state index contributed by atoms with van der Waals surface area (Å²) in [5.74, 6) is 0.993. The summed E-state index contributed by atoms with van der Waals surface area (Å²) in [5.41, 5.74) is 2.41. The van der Waals surface area contributed by atoms with Gasteiger partial charge in [0.2, 0.25) is 0 Å². The third-order valence-electron chi connectivity index (χ3n) is 2.26. The molecule has 0 saturated carbocycles. The van der Waals surface area contributed by atoms with Gasteiger partial charge in [-0.05, 0) is 30.2 Å². The number of rotatable bonds is 3. The van der Waals surface area contributed by atoms with Crippen LogP contribution in [0, 0.1) is 0 Å². The zero-order valence-electron chi connectivity index (χ0n) is 8.23. The lowest BCUT2D eigenvalue weighted by Gasteiger charge is -2.03. The van der Waals surface area contributed by atoms with E-state index < -0.39 is 0 Å². The molecule has 2 nitrogen and oxygen atoms in total. The molecule has 0 aliphatic carbocycles. The minimum Gasteiger partial charge on any atom is -0.469 e. The van der Waals surface area contributed by atoms with Crippen molar-refractivity contribution in [3.05, 3.63) is 53.7 Å². The Morgan fingerprint density at radius 3 is 2.93 bits per heavy atom. The fraction of sp³-hybridized carbons (Fsp3) is 0.250. The highest BCUT2D eigenvalue weighted by Gasteiger charge is 2.03. The van der Waals surface area contributed by atoms with E-state index in [1.54, 1.807) is 6.26 Å². The Morgan fingerprint density at radius 1 is 1.29 bits per heavy atom. The Hall–Kier alpha value is -1.57. The molecule has 2 heteroatoms. The fourth-order valence-electron chi connectivity index (χ4n) is 1.55. The van der Waals surface area contributed by atoms with Gasteiger partial charge in [0.1, 0.15) is 5.76 Å². The van der Waals surface area contributed by atoms with E-state index in [0.717, 1.165) is 24.3 Å². The maximum atomic E-state index is 5.31. The Labute approximate surface area is 83.6 Å². The van der Waals surface area contributed by atoms with E-state index in [-0.39, 0.29) is 0 Å². The quantitative estimate of drug-likeness (QED) is 0.738. The third kappa shape index (κ3) is 1.84. The topological polar surface area (TPSA) is 26.0 Å². The zero-order valence-corrected chi connectivity index (χ0v) is 8.23. The van der Waals surface area contributed by atoms with Gasteiger partial charge in [0.25, 0.3) is 0 Å². The van der Waals surface area contributed by atoms with Crippen molar-refractivity contribution in [2.24, 2.45) is 0 Å². The predicted molar refractivity (Wildman–Crippen MR) is 55.1 cm³/mol. The van der Waals surface area contributed by atoms with Crippen molar-refractivity contribution in [1.82, 2.24) is 4.98 Å². The summed E-state index contributed by atoms with van der Waals surface area (Å²) in [6.07, 6.45) is 5.35. The smallest absolute Gasteiger partial charge is 0.108 e. The van der Waals surface area contributed by atoms with Crippen LogP contribution in [0.2, 0.25) is 0 Å². The molecule has 0 amide bonds. The first kappa shape index (κ1) is 9.00. The maximum absolute atomic E-state index is 5.31. The fourth-order valence-corrected chi connectivity index (χ4v) is 1.55. The predicted octanol–water partition coefficient (Wildman–Crippen LogP) is 2.83. The van der Waals surface area contributed by atoms with Crippen LogP contribution in [0.5, 0.6) is 0 Å². The largest absolute Gasteiger partial charge is 0.469 e. The molecule has 0 aliphatic heterocycles. The van der Waals surface area contributed by atoms with Crippen molar-refractivity contribution < 1.29 is 4.42 Å². The number of hydrogen-bond donors (Lipinski definition) is 0. The van der Waals surface area contributed by atoms with Crippen molar-refractivity contribution in [2.45, 2.75) is 19.8 Å². The van der Waals surface area contributed by atoms with E-state index in [1.165, 1.54) is 5.56 Å². The summed E-state index contributed by atoms with van der Waals surface area (Å²) < 4.78 is 5.31. The monoisotopic (exact) mass is 187 g/mol. The molecule has 72 valence electrons. The van der Waals surface area contributed by atoms with Gasteiger partial charge in [0, 0.05) is 18.3 Å². The lowest BCUT2D eigenvalue weighted by atomic mass is 10.1. The molecule has 2 aromatic rings. The molecule has 0 bridgehead atoms. The highest BCUT2D eigenvalue weighted by molar-refractivity contribution is 5.24. The summed E-state index contributed by atoms with van der Waals surface area (Å²) in [6, 6.07) is 7.98. The van der Waals surface area contributed by atoms with Gasteiger partial charge in [-0.1, -0.05) is 13.0 Å². The lowest BCUT2D eigenvalue weighted by Crippen LogP contribution is -1.96. The van der Waals surface area contributed by atoms with Crippen LogP contribution in [-0.2, 0) is 12.8 Å². The second kappa shape index (κ2) is 4.09. The van der Waals surface area contributed by atoms with Crippen molar-refractivity contribution in [3.8, 4) is 0 Å². The van der Waals surface area contributed by atoms with Crippen LogP contribution in [0.25, 0.3) is 0 Å². The summed E-state index contributed by atoms with van der Waals surface area (Å²) in [7, 11) is 0. The Bertz CT molecular complexity index is 392. The molecule has 0 N–H and O–H groups in total. The van der Waals surface area contributed by atoms with E-state index in [0.29, 0.717) is 0 Å². The van der Waals surface area contributed by atoms with E-state index >= 15 is 0 Å². The Balaban J connectivity index is 2.24. The molecule has 0 aromatic carbocycles. The van der Waals surface area contributed by atoms with Crippen LogP contribution < -0.4 is 0 Å². The molecule has 0 fully saturated rings. The maximum Gasteiger partial charge on any atom is 0.108 e. The average Bonchev–Trinajstić information content (AvgIpc) is 2.71. The number of hydrogen-bond acceptors (Lipinski definition) is 2. The van der Waals surface area contributed by atoms with Gasteiger partial charge in [0.05, 0.1) is 6.26 Å². The van der Waals surface area contributed by atoms with Gasteiger partial charge in [-0.3, -0.25) is 4.98 Å². The van der Waals surface area contributed by atoms with E-state index in [4.69, 9.17) is 4.42 Å². The van der Waals surface area contributed by atoms with E-state index in [9.17, 15) is 0 Å². The molecule has 0 aliphatic rings. The van der Waals surface area contributed by atoms with E-state index in [2.05, 4.69) is 18.0 Å². The van der Waals surface area contributed by atoms with Gasteiger partial charge in [-0.15, -0.1) is 0 Å². The van der Waals surface area contributed by atoms with Crippen LogP contribution in [0.15, 0.2) is 41.1 Å². The van der Waals surface area contributed by atoms with Gasteiger partial charge in [-0.2, -0.15) is 0 Å². The zero-order chi connectivity index (χ0) is 9.80. The van der Waals surface area contributed by atoms with Crippen LogP contribution >= 0.6 is 0 Å². The second-order valence-electron chi connectivity index (χ2n) is 3.22. The first-order valence-electron chi connectivity index (χ1n) is 4.85. The molecule has 0 unspecified atom stereocenters. The second-order valence-corrected chi connectivity index (χ2v) is 3.22. The number of furan rings is 1. The number of nitrogens with zero attached hydrogens (tertiary/aromatic N) is 1. The van der Waals surface area contributed by atoms with Gasteiger partial charge in [0.15, 0.2) is 0 Å². The molecule has 2 rings (SSSR count). The molecular formula is C12H13NO. The third-order valence-corrected chi connectivity index (χ3v) is 2.26. The van der Waals surface area contributed by atoms with Crippen molar-refractivity contribution in [2.75, 3.05) is 0 Å². The van der Waals surface area contributed by atoms with Gasteiger partial charge in [-0.25, -0.2) is 0 Å². The minimum atomic E-state index is 0.837. The van der Waals surface area contributed by atoms with Crippen LogP contribution in [-0.4, -0.2) is 4.98 Å².